The summed E-state index contributed by atoms with van der Waals surface area (Å²) < 4.78 is 0. The molecule has 0 saturated heterocycles. The van der Waals surface area contributed by atoms with Crippen molar-refractivity contribution in [3.05, 3.63) is 0 Å². The number of nitrogens with zero attached hydrogens (tertiary/aromatic N) is 1. The normalized spacial score (nSPS) is 17.7. The molecule has 0 heterocycles. The summed E-state index contributed by atoms with van der Waals surface area (Å²) in [5.41, 5.74) is 4.59. The maximum absolute atomic E-state index is 11.8. The van der Waals surface area contributed by atoms with E-state index in [1.807, 2.05) is 39.8 Å². The van der Waals surface area contributed by atoms with Crippen LogP contribution in [0.4, 0.5) is 0 Å². The molecule has 1 unspecified atom stereocenters. The van der Waals surface area contributed by atoms with Gasteiger partial charge in [0.15, 0.2) is 0 Å². The van der Waals surface area contributed by atoms with E-state index in [1.54, 1.807) is 6.92 Å². The molecule has 0 aliphatic carbocycles. The highest BCUT2D eigenvalue weighted by Gasteiger charge is 2.29. The summed E-state index contributed by atoms with van der Waals surface area (Å²) in [5.74, 6) is -0.225. The summed E-state index contributed by atoms with van der Waals surface area (Å²) in [6.45, 7) is 8.11. The van der Waals surface area contributed by atoms with Crippen molar-refractivity contribution < 1.29 is 9.90 Å². The zero-order valence-corrected chi connectivity index (χ0v) is 11.9. The Morgan fingerprint density at radius 3 is 2.18 bits per heavy atom. The molecule has 5 heteroatoms. The van der Waals surface area contributed by atoms with Crippen molar-refractivity contribution in [3.8, 4) is 0 Å². The van der Waals surface area contributed by atoms with Gasteiger partial charge in [0.1, 0.15) is 0 Å². The third kappa shape index (κ3) is 6.61. The predicted octanol–water partition coefficient (Wildman–Crippen LogP) is -0.211. The highest BCUT2D eigenvalue weighted by atomic mass is 16.3. The Morgan fingerprint density at radius 1 is 1.35 bits per heavy atom. The Hall–Kier alpha value is -0.650. The summed E-state index contributed by atoms with van der Waals surface area (Å²) >= 11 is 0. The van der Waals surface area contributed by atoms with Gasteiger partial charge >= 0.3 is 0 Å². The number of aliphatic hydroxyl groups is 1. The number of amides is 1. The van der Waals surface area contributed by atoms with Crippen molar-refractivity contribution >= 4 is 5.91 Å². The molecule has 0 aromatic carbocycles. The second-order valence-corrected chi connectivity index (χ2v) is 6.30. The Balaban J connectivity index is 4.25. The van der Waals surface area contributed by atoms with Crippen LogP contribution in [0, 0.1) is 5.41 Å². The van der Waals surface area contributed by atoms with Gasteiger partial charge in [0.2, 0.25) is 5.91 Å². The molecule has 0 aliphatic rings. The first-order chi connectivity index (χ1) is 7.46. The SMILES string of the molecule is CN(C)CC(C)(O)CNC(=O)[C@H](N)C(C)(C)C. The second-order valence-electron chi connectivity index (χ2n) is 6.30. The minimum atomic E-state index is -0.948. The molecule has 0 aliphatic heterocycles. The first-order valence-corrected chi connectivity index (χ1v) is 5.86. The standard InChI is InChI=1S/C12H27N3O2/c1-11(2,3)9(13)10(16)14-7-12(4,17)8-15(5)6/h9,17H,7-8,13H2,1-6H3,(H,14,16)/t9-,12?/m0/s1. The fourth-order valence-corrected chi connectivity index (χ4v) is 1.52. The maximum Gasteiger partial charge on any atom is 0.237 e. The van der Waals surface area contributed by atoms with Crippen LogP contribution in [0.3, 0.4) is 0 Å². The van der Waals surface area contributed by atoms with E-state index < -0.39 is 11.6 Å². The summed E-state index contributed by atoms with van der Waals surface area (Å²) in [5, 5.41) is 12.7. The van der Waals surface area contributed by atoms with Crippen LogP contribution in [0.15, 0.2) is 0 Å². The zero-order valence-electron chi connectivity index (χ0n) is 11.9. The van der Waals surface area contributed by atoms with Crippen molar-refractivity contribution in [1.29, 1.82) is 0 Å². The number of nitrogens with two attached hydrogens (primary N) is 1. The van der Waals surface area contributed by atoms with E-state index in [0.29, 0.717) is 6.54 Å². The molecule has 0 aromatic rings. The molecule has 0 rings (SSSR count). The molecule has 4 N–H and O–H groups in total. The van der Waals surface area contributed by atoms with Gasteiger partial charge in [0.05, 0.1) is 11.6 Å². The third-order valence-corrected chi connectivity index (χ3v) is 2.52. The van der Waals surface area contributed by atoms with Crippen LogP contribution >= 0.6 is 0 Å². The lowest BCUT2D eigenvalue weighted by Crippen LogP contribution is -2.53. The van der Waals surface area contributed by atoms with Gasteiger partial charge < -0.3 is 21.1 Å². The topological polar surface area (TPSA) is 78.6 Å². The van der Waals surface area contributed by atoms with Gasteiger partial charge in [-0.15, -0.1) is 0 Å². The number of carbonyl (C=O) groups is 1. The summed E-state index contributed by atoms with van der Waals surface area (Å²) in [7, 11) is 3.74. The van der Waals surface area contributed by atoms with Crippen molar-refractivity contribution in [2.45, 2.75) is 39.3 Å². The lowest BCUT2D eigenvalue weighted by molar-refractivity contribution is -0.125. The van der Waals surface area contributed by atoms with Crippen molar-refractivity contribution in [2.24, 2.45) is 11.1 Å². The second kappa shape index (κ2) is 5.80. The van der Waals surface area contributed by atoms with Gasteiger partial charge in [-0.2, -0.15) is 0 Å². The van der Waals surface area contributed by atoms with Crippen LogP contribution in [0.2, 0.25) is 0 Å². The molecule has 0 saturated carbocycles. The molecule has 2 atom stereocenters. The fraction of sp³-hybridized carbons (Fsp3) is 0.917. The van der Waals surface area contributed by atoms with Gasteiger partial charge in [-0.3, -0.25) is 4.79 Å². The highest BCUT2D eigenvalue weighted by molar-refractivity contribution is 5.82. The summed E-state index contributed by atoms with van der Waals surface area (Å²) in [6, 6.07) is -0.572. The smallest absolute Gasteiger partial charge is 0.237 e. The molecule has 1 amide bonds. The molecule has 17 heavy (non-hydrogen) atoms. The van der Waals surface area contributed by atoms with Gasteiger partial charge in [-0.25, -0.2) is 0 Å². The van der Waals surface area contributed by atoms with Gasteiger partial charge in [0.25, 0.3) is 0 Å². The van der Waals surface area contributed by atoms with Crippen LogP contribution in [0.1, 0.15) is 27.7 Å². The third-order valence-electron chi connectivity index (χ3n) is 2.52. The highest BCUT2D eigenvalue weighted by Crippen LogP contribution is 2.17. The van der Waals surface area contributed by atoms with E-state index in [4.69, 9.17) is 5.73 Å². The van der Waals surface area contributed by atoms with E-state index in [1.165, 1.54) is 0 Å². The molecule has 0 spiro atoms. The first kappa shape index (κ1) is 16.4. The first-order valence-electron chi connectivity index (χ1n) is 5.86. The van der Waals surface area contributed by atoms with Crippen LogP contribution in [0.25, 0.3) is 0 Å². The van der Waals surface area contributed by atoms with Gasteiger partial charge in [-0.1, -0.05) is 20.8 Å². The minimum absolute atomic E-state index is 0.202. The molecular formula is C12H27N3O2. The minimum Gasteiger partial charge on any atom is -0.387 e. The van der Waals surface area contributed by atoms with E-state index >= 15 is 0 Å². The zero-order chi connectivity index (χ0) is 13.9. The van der Waals surface area contributed by atoms with E-state index in [0.717, 1.165) is 0 Å². The Kier molecular flexibility index (Phi) is 5.58. The summed E-state index contributed by atoms with van der Waals surface area (Å²) in [6.07, 6.45) is 0. The predicted molar refractivity (Wildman–Crippen MR) is 69.6 cm³/mol. The molecule has 0 radical (unpaired) electrons. The monoisotopic (exact) mass is 245 g/mol. The Bertz CT molecular complexity index is 257. The molecule has 0 fully saturated rings. The number of hydrogen-bond acceptors (Lipinski definition) is 4. The lowest BCUT2D eigenvalue weighted by atomic mass is 9.87. The number of hydrogen-bond donors (Lipinski definition) is 3. The molecule has 0 bridgehead atoms. The lowest BCUT2D eigenvalue weighted by Gasteiger charge is -2.30. The van der Waals surface area contributed by atoms with Crippen LogP contribution in [-0.2, 0) is 4.79 Å². The fourth-order valence-electron chi connectivity index (χ4n) is 1.52. The van der Waals surface area contributed by atoms with Gasteiger partial charge in [-0.05, 0) is 26.4 Å². The number of nitrogens with one attached hydrogen (secondary N) is 1. The average molecular weight is 245 g/mol. The average Bonchev–Trinajstić information content (AvgIpc) is 2.09. The van der Waals surface area contributed by atoms with E-state index in [-0.39, 0.29) is 17.9 Å². The number of carbonyl (C=O) groups excluding carboxylic acids is 1. The van der Waals surface area contributed by atoms with Crippen LogP contribution in [0.5, 0.6) is 0 Å². The molecule has 102 valence electrons. The van der Waals surface area contributed by atoms with Crippen molar-refractivity contribution in [1.82, 2.24) is 10.2 Å². The van der Waals surface area contributed by atoms with E-state index in [2.05, 4.69) is 5.32 Å². The van der Waals surface area contributed by atoms with Crippen molar-refractivity contribution in [3.63, 3.8) is 0 Å². The van der Waals surface area contributed by atoms with Gasteiger partial charge in [0, 0.05) is 13.1 Å². The van der Waals surface area contributed by atoms with E-state index in [9.17, 15) is 9.90 Å². The Labute approximate surface area is 104 Å². The van der Waals surface area contributed by atoms with Crippen LogP contribution in [-0.4, -0.2) is 54.7 Å². The summed E-state index contributed by atoms with van der Waals surface area (Å²) in [4.78, 5) is 13.6. The molecular weight excluding hydrogens is 218 g/mol. The largest absolute Gasteiger partial charge is 0.387 e. The quantitative estimate of drug-likeness (QED) is 0.626. The Morgan fingerprint density at radius 2 is 1.82 bits per heavy atom. The maximum atomic E-state index is 11.8. The molecule has 5 nitrogen and oxygen atoms in total. The van der Waals surface area contributed by atoms with Crippen LogP contribution < -0.4 is 11.1 Å². The van der Waals surface area contributed by atoms with Crippen molar-refractivity contribution in [2.75, 3.05) is 27.2 Å². The number of rotatable bonds is 5. The molecule has 0 aromatic heterocycles. The number of likely N-dealkylation sites (N-methyl/N-ethyl adjacent to an activating group) is 1.